The molecule has 0 saturated heterocycles. The zero-order chi connectivity index (χ0) is 13.9. The number of fused-ring (bicyclic) bond motifs is 2. The van der Waals surface area contributed by atoms with Gasteiger partial charge in [-0.1, -0.05) is 30.3 Å². The summed E-state index contributed by atoms with van der Waals surface area (Å²) in [5.74, 6) is -0.449. The minimum absolute atomic E-state index is 0.399. The van der Waals surface area contributed by atoms with E-state index < -0.39 is 11.6 Å². The molecule has 0 spiro atoms. The smallest absolute Gasteiger partial charge is 0.237 e. The van der Waals surface area contributed by atoms with Gasteiger partial charge in [-0.2, -0.15) is 0 Å². The zero-order valence-corrected chi connectivity index (χ0v) is 10.8. The van der Waals surface area contributed by atoms with E-state index in [2.05, 4.69) is 0 Å². The van der Waals surface area contributed by atoms with Gasteiger partial charge in [0.1, 0.15) is 5.75 Å². The summed E-state index contributed by atoms with van der Waals surface area (Å²) in [7, 11) is 1.51. The molecule has 3 aromatic rings. The molecule has 3 aromatic carbocycles. The number of rotatable bonds is 1. The van der Waals surface area contributed by atoms with Crippen molar-refractivity contribution in [2.45, 2.75) is 0 Å². The number of hydrogen-bond donors (Lipinski definition) is 0. The number of ketones is 2. The third kappa shape index (κ3) is 1.19. The van der Waals surface area contributed by atoms with Crippen LogP contribution in [0.3, 0.4) is 0 Å². The Bertz CT molecular complexity index is 922. The second-order valence-corrected chi connectivity index (χ2v) is 4.87. The molecule has 1 aliphatic carbocycles. The summed E-state index contributed by atoms with van der Waals surface area (Å²) in [4.78, 5) is 24.6. The van der Waals surface area contributed by atoms with E-state index in [-0.39, 0.29) is 0 Å². The van der Waals surface area contributed by atoms with Crippen molar-refractivity contribution in [2.75, 3.05) is 7.11 Å². The van der Waals surface area contributed by atoms with E-state index in [0.29, 0.717) is 16.9 Å². The predicted molar refractivity (Wildman–Crippen MR) is 76.7 cm³/mol. The van der Waals surface area contributed by atoms with Crippen LogP contribution in [-0.2, 0) is 0 Å². The highest BCUT2D eigenvalue weighted by atomic mass is 16.5. The molecule has 0 amide bonds. The number of methoxy groups -OCH3 is 1. The standard InChI is InChI=1S/C17H10O3/c1-20-12-7-6-10-8-9-4-2-3-5-11(9)14-13(10)15(12)17(19)16(14)18/h2-8H,1H3. The lowest BCUT2D eigenvalue weighted by Crippen LogP contribution is -2.07. The van der Waals surface area contributed by atoms with Crippen LogP contribution in [0.4, 0.5) is 0 Å². The second-order valence-electron chi connectivity index (χ2n) is 4.87. The third-order valence-electron chi connectivity index (χ3n) is 3.87. The molecular formula is C17H10O3. The molecule has 0 aromatic heterocycles. The molecule has 0 saturated carbocycles. The Balaban J connectivity index is 2.32. The van der Waals surface area contributed by atoms with Crippen molar-refractivity contribution in [3.05, 3.63) is 53.6 Å². The maximum atomic E-state index is 12.4. The van der Waals surface area contributed by atoms with Crippen molar-refractivity contribution in [1.29, 1.82) is 0 Å². The van der Waals surface area contributed by atoms with Crippen LogP contribution in [-0.4, -0.2) is 18.7 Å². The summed E-state index contributed by atoms with van der Waals surface area (Å²) < 4.78 is 5.24. The second kappa shape index (κ2) is 3.67. The molecule has 3 heteroatoms. The number of carbonyl (C=O) groups excluding carboxylic acids is 2. The SMILES string of the molecule is COc1ccc2cc3ccccc3c3c2c1C(=O)C3=O. The molecule has 20 heavy (non-hydrogen) atoms. The molecule has 0 N–H and O–H groups in total. The normalized spacial score (nSPS) is 13.4. The summed E-state index contributed by atoms with van der Waals surface area (Å²) in [5, 5.41) is 3.41. The zero-order valence-electron chi connectivity index (χ0n) is 10.8. The quantitative estimate of drug-likeness (QED) is 0.498. The van der Waals surface area contributed by atoms with Crippen LogP contribution in [0.15, 0.2) is 42.5 Å². The highest BCUT2D eigenvalue weighted by molar-refractivity contribution is 6.59. The third-order valence-corrected chi connectivity index (χ3v) is 3.87. The molecule has 3 nitrogen and oxygen atoms in total. The lowest BCUT2D eigenvalue weighted by molar-refractivity contribution is 0.0824. The maximum Gasteiger partial charge on any atom is 0.237 e. The maximum absolute atomic E-state index is 12.4. The van der Waals surface area contributed by atoms with Crippen LogP contribution in [0, 0.1) is 0 Å². The van der Waals surface area contributed by atoms with Gasteiger partial charge in [0.05, 0.1) is 12.7 Å². The van der Waals surface area contributed by atoms with Crippen molar-refractivity contribution in [1.82, 2.24) is 0 Å². The summed E-state index contributed by atoms with van der Waals surface area (Å²) >= 11 is 0. The van der Waals surface area contributed by atoms with E-state index in [1.807, 2.05) is 36.4 Å². The van der Waals surface area contributed by atoms with Gasteiger partial charge in [-0.3, -0.25) is 9.59 Å². The number of benzene rings is 3. The Morgan fingerprint density at radius 2 is 1.60 bits per heavy atom. The molecule has 0 aliphatic heterocycles. The van der Waals surface area contributed by atoms with Crippen molar-refractivity contribution < 1.29 is 14.3 Å². The van der Waals surface area contributed by atoms with E-state index in [1.165, 1.54) is 7.11 Å². The lowest BCUT2D eigenvalue weighted by atomic mass is 9.97. The Morgan fingerprint density at radius 3 is 2.40 bits per heavy atom. The van der Waals surface area contributed by atoms with E-state index in [9.17, 15) is 9.59 Å². The van der Waals surface area contributed by atoms with E-state index >= 15 is 0 Å². The fraction of sp³-hybridized carbons (Fsp3) is 0.0588. The van der Waals surface area contributed by atoms with Crippen molar-refractivity contribution in [3.8, 4) is 5.75 Å². The lowest BCUT2D eigenvalue weighted by Gasteiger charge is -2.08. The summed E-state index contributed by atoms with van der Waals surface area (Å²) in [5.41, 5.74) is 0.910. The fourth-order valence-corrected chi connectivity index (χ4v) is 3.00. The first-order valence-corrected chi connectivity index (χ1v) is 6.34. The Kier molecular flexibility index (Phi) is 2.05. The molecule has 0 heterocycles. The molecule has 0 atom stereocenters. The van der Waals surface area contributed by atoms with Crippen molar-refractivity contribution in [3.63, 3.8) is 0 Å². The highest BCUT2D eigenvalue weighted by Crippen LogP contribution is 2.40. The van der Waals surface area contributed by atoms with Crippen LogP contribution in [0.2, 0.25) is 0 Å². The number of Topliss-reactive ketones (excluding diaryl/α,β-unsaturated/α-hetero) is 2. The molecule has 0 unspecified atom stereocenters. The molecule has 1 aliphatic rings. The van der Waals surface area contributed by atoms with Crippen LogP contribution < -0.4 is 4.74 Å². The molecule has 0 fully saturated rings. The van der Waals surface area contributed by atoms with Crippen molar-refractivity contribution >= 4 is 33.1 Å². The molecule has 0 bridgehead atoms. The predicted octanol–water partition coefficient (Wildman–Crippen LogP) is 3.38. The number of hydrogen-bond acceptors (Lipinski definition) is 3. The van der Waals surface area contributed by atoms with E-state index in [0.717, 1.165) is 21.5 Å². The van der Waals surface area contributed by atoms with Gasteiger partial charge in [-0.05, 0) is 28.3 Å². The van der Waals surface area contributed by atoms with Gasteiger partial charge < -0.3 is 4.74 Å². The first-order chi connectivity index (χ1) is 9.72. The highest BCUT2D eigenvalue weighted by Gasteiger charge is 2.35. The first-order valence-electron chi connectivity index (χ1n) is 6.34. The average molecular weight is 262 g/mol. The van der Waals surface area contributed by atoms with Gasteiger partial charge in [0.15, 0.2) is 0 Å². The van der Waals surface area contributed by atoms with E-state index in [4.69, 9.17) is 4.74 Å². The Morgan fingerprint density at radius 1 is 0.850 bits per heavy atom. The summed E-state index contributed by atoms with van der Waals surface area (Å²) in [6.07, 6.45) is 0. The van der Waals surface area contributed by atoms with Crippen LogP contribution in [0.1, 0.15) is 20.7 Å². The van der Waals surface area contributed by atoms with Crippen molar-refractivity contribution in [2.24, 2.45) is 0 Å². The minimum Gasteiger partial charge on any atom is -0.496 e. The van der Waals surface area contributed by atoms with Gasteiger partial charge in [-0.25, -0.2) is 0 Å². The minimum atomic E-state index is -0.473. The van der Waals surface area contributed by atoms with E-state index in [1.54, 1.807) is 6.07 Å². The molecule has 96 valence electrons. The monoisotopic (exact) mass is 262 g/mol. The topological polar surface area (TPSA) is 43.4 Å². The van der Waals surface area contributed by atoms with Gasteiger partial charge >= 0.3 is 0 Å². The first kappa shape index (κ1) is 11.2. The average Bonchev–Trinajstić information content (AvgIpc) is 2.75. The largest absolute Gasteiger partial charge is 0.496 e. The Labute approximate surface area is 114 Å². The van der Waals surface area contributed by atoms with Crippen LogP contribution >= 0.6 is 0 Å². The van der Waals surface area contributed by atoms with Gasteiger partial charge in [0.2, 0.25) is 11.6 Å². The summed E-state index contributed by atoms with van der Waals surface area (Å²) in [6.45, 7) is 0. The van der Waals surface area contributed by atoms with Crippen LogP contribution in [0.25, 0.3) is 21.5 Å². The number of ether oxygens (including phenoxy) is 1. The Hall–Kier alpha value is -2.68. The van der Waals surface area contributed by atoms with Gasteiger partial charge in [0.25, 0.3) is 0 Å². The fourth-order valence-electron chi connectivity index (χ4n) is 3.00. The van der Waals surface area contributed by atoms with Crippen LogP contribution in [0.5, 0.6) is 5.75 Å². The molecule has 0 radical (unpaired) electrons. The number of carbonyl (C=O) groups is 2. The molecular weight excluding hydrogens is 252 g/mol. The van der Waals surface area contributed by atoms with Gasteiger partial charge in [0, 0.05) is 10.9 Å². The summed E-state index contributed by atoms with van der Waals surface area (Å²) in [6, 6.07) is 13.3. The molecule has 4 rings (SSSR count). The van der Waals surface area contributed by atoms with Gasteiger partial charge in [-0.15, -0.1) is 0 Å².